The first-order valence-electron chi connectivity index (χ1n) is 8.87. The molecule has 0 N–H and O–H groups in total. The van der Waals surface area contributed by atoms with Gasteiger partial charge in [0.2, 0.25) is 5.75 Å². The van der Waals surface area contributed by atoms with E-state index in [0.29, 0.717) is 28.5 Å². The Morgan fingerprint density at radius 3 is 2.39 bits per heavy atom. The highest BCUT2D eigenvalue weighted by Crippen LogP contribution is 2.39. The van der Waals surface area contributed by atoms with Crippen LogP contribution in [0.4, 0.5) is 5.69 Å². The molecule has 0 radical (unpaired) electrons. The molecule has 1 unspecified atom stereocenters. The molecule has 1 heterocycles. The third-order valence-corrected chi connectivity index (χ3v) is 5.37. The number of carbonyl (C=O) groups excluding carboxylic acids is 1. The molecule has 0 aliphatic carbocycles. The number of nitro benzene ring substituents is 1. The maximum absolute atomic E-state index is 13.1. The third-order valence-electron chi connectivity index (χ3n) is 4.46. The Bertz CT molecular complexity index is 1160. The lowest BCUT2D eigenvalue weighted by Crippen LogP contribution is -2.12. The number of nitriles is 1. The zero-order chi connectivity index (χ0) is 22.5. The second kappa shape index (κ2) is 9.23. The molecule has 0 amide bonds. The lowest BCUT2D eigenvalue weighted by molar-refractivity contribution is -0.384. The Hall–Kier alpha value is -3.97. The van der Waals surface area contributed by atoms with E-state index in [9.17, 15) is 20.2 Å². The van der Waals surface area contributed by atoms with E-state index < -0.39 is 16.6 Å². The fraction of sp³-hybridized carbons (Fsp3) is 0.190. The van der Waals surface area contributed by atoms with Crippen molar-refractivity contribution >= 4 is 22.8 Å². The highest BCUT2D eigenvalue weighted by molar-refractivity contribution is 7.10. The van der Waals surface area contributed by atoms with Crippen molar-refractivity contribution < 1.29 is 23.9 Å². The summed E-state index contributed by atoms with van der Waals surface area (Å²) in [6.45, 7) is 0. The van der Waals surface area contributed by atoms with Crippen molar-refractivity contribution in [3.63, 3.8) is 0 Å². The Kier molecular flexibility index (Phi) is 6.47. The molecular weight excluding hydrogens is 422 g/mol. The van der Waals surface area contributed by atoms with Crippen LogP contribution in [0.15, 0.2) is 41.8 Å². The smallest absolute Gasteiger partial charge is 0.270 e. The topological polar surface area (TPSA) is 125 Å². The van der Waals surface area contributed by atoms with Gasteiger partial charge < -0.3 is 14.2 Å². The first-order chi connectivity index (χ1) is 14.9. The largest absolute Gasteiger partial charge is 0.493 e. The molecule has 31 heavy (non-hydrogen) atoms. The quantitative estimate of drug-likeness (QED) is 0.290. The zero-order valence-corrected chi connectivity index (χ0v) is 17.6. The fourth-order valence-corrected chi connectivity index (χ4v) is 3.82. The van der Waals surface area contributed by atoms with E-state index in [1.54, 1.807) is 17.5 Å². The Labute approximate surface area is 181 Å². The van der Waals surface area contributed by atoms with E-state index in [1.807, 2.05) is 6.07 Å². The summed E-state index contributed by atoms with van der Waals surface area (Å²) in [5, 5.41) is 22.6. The lowest BCUT2D eigenvalue weighted by Gasteiger charge is -2.14. The summed E-state index contributed by atoms with van der Waals surface area (Å²) in [6, 6.07) is 10.9. The molecule has 3 rings (SSSR count). The Morgan fingerprint density at radius 1 is 1.16 bits per heavy atom. The molecule has 9 nitrogen and oxygen atoms in total. The first kappa shape index (κ1) is 21.7. The highest BCUT2D eigenvalue weighted by Gasteiger charge is 2.27. The van der Waals surface area contributed by atoms with Gasteiger partial charge in [0.25, 0.3) is 5.69 Å². The molecule has 3 aromatic rings. The summed E-state index contributed by atoms with van der Waals surface area (Å²) in [4.78, 5) is 28.0. The van der Waals surface area contributed by atoms with Crippen LogP contribution < -0.4 is 14.2 Å². The van der Waals surface area contributed by atoms with E-state index in [1.165, 1.54) is 45.6 Å². The second-order valence-corrected chi connectivity index (χ2v) is 7.11. The summed E-state index contributed by atoms with van der Waals surface area (Å²) in [5.41, 5.74) is 1.10. The maximum Gasteiger partial charge on any atom is 0.270 e. The van der Waals surface area contributed by atoms with Crippen molar-refractivity contribution in [3.05, 3.63) is 62.5 Å². The minimum atomic E-state index is -1.17. The first-order valence-corrected chi connectivity index (χ1v) is 9.75. The van der Waals surface area contributed by atoms with E-state index >= 15 is 0 Å². The SMILES string of the molecule is COc1cc(C(=O)C(C#N)c2nc(-c3cccc([N+](=O)[O-])c3)cs2)cc(OC)c1OC. The normalized spacial score (nSPS) is 11.3. The number of aromatic nitrogens is 1. The van der Waals surface area contributed by atoms with Gasteiger partial charge in [-0.15, -0.1) is 11.3 Å². The van der Waals surface area contributed by atoms with E-state index in [2.05, 4.69) is 4.98 Å². The number of benzene rings is 2. The van der Waals surface area contributed by atoms with Gasteiger partial charge in [0, 0.05) is 28.6 Å². The summed E-state index contributed by atoms with van der Waals surface area (Å²) in [7, 11) is 4.31. The number of hydrogen-bond acceptors (Lipinski definition) is 9. The molecule has 158 valence electrons. The molecule has 0 saturated carbocycles. The van der Waals surface area contributed by atoms with Crippen LogP contribution in [0.25, 0.3) is 11.3 Å². The molecule has 0 aliphatic rings. The van der Waals surface area contributed by atoms with Crippen molar-refractivity contribution in [2.75, 3.05) is 21.3 Å². The molecule has 1 atom stereocenters. The maximum atomic E-state index is 13.1. The number of thiazole rings is 1. The molecule has 0 bridgehead atoms. The number of non-ortho nitro benzene ring substituents is 1. The minimum absolute atomic E-state index is 0.0719. The predicted octanol–water partition coefficient (Wildman–Crippen LogP) is 4.23. The van der Waals surface area contributed by atoms with Crippen LogP contribution in [0.5, 0.6) is 17.2 Å². The number of nitro groups is 1. The van der Waals surface area contributed by atoms with Crippen molar-refractivity contribution in [3.8, 4) is 34.6 Å². The number of methoxy groups -OCH3 is 3. The van der Waals surface area contributed by atoms with Crippen LogP contribution >= 0.6 is 11.3 Å². The van der Waals surface area contributed by atoms with Gasteiger partial charge in [0.1, 0.15) is 5.01 Å². The monoisotopic (exact) mass is 439 g/mol. The summed E-state index contributed by atoms with van der Waals surface area (Å²) in [5.74, 6) is -0.740. The van der Waals surface area contributed by atoms with Crippen molar-refractivity contribution in [2.24, 2.45) is 0 Å². The molecule has 0 spiro atoms. The van der Waals surface area contributed by atoms with Gasteiger partial charge in [-0.05, 0) is 12.1 Å². The second-order valence-electron chi connectivity index (χ2n) is 6.22. The van der Waals surface area contributed by atoms with Gasteiger partial charge in [-0.25, -0.2) is 4.98 Å². The summed E-state index contributed by atoms with van der Waals surface area (Å²) >= 11 is 1.13. The van der Waals surface area contributed by atoms with Crippen LogP contribution in [0.3, 0.4) is 0 Å². The molecule has 2 aromatic carbocycles. The van der Waals surface area contributed by atoms with Gasteiger partial charge in [-0.2, -0.15) is 5.26 Å². The summed E-state index contributed by atoms with van der Waals surface area (Å²) in [6.07, 6.45) is 0. The molecule has 0 fully saturated rings. The fourth-order valence-electron chi connectivity index (χ4n) is 2.95. The lowest BCUT2D eigenvalue weighted by atomic mass is 9.98. The van der Waals surface area contributed by atoms with Crippen molar-refractivity contribution in [1.29, 1.82) is 5.26 Å². The minimum Gasteiger partial charge on any atom is -0.493 e. The Balaban J connectivity index is 1.97. The number of ketones is 1. The van der Waals surface area contributed by atoms with Gasteiger partial charge in [0.15, 0.2) is 23.2 Å². The van der Waals surface area contributed by atoms with Crippen LogP contribution in [0.1, 0.15) is 21.3 Å². The number of carbonyl (C=O) groups is 1. The molecule has 10 heteroatoms. The van der Waals surface area contributed by atoms with Crippen LogP contribution in [0.2, 0.25) is 0 Å². The molecule has 0 aliphatic heterocycles. The van der Waals surface area contributed by atoms with Crippen LogP contribution in [-0.2, 0) is 0 Å². The van der Waals surface area contributed by atoms with Crippen molar-refractivity contribution in [1.82, 2.24) is 4.98 Å². The number of Topliss-reactive ketones (excluding diaryl/α,β-unsaturated/α-hetero) is 1. The van der Waals surface area contributed by atoms with Crippen molar-refractivity contribution in [2.45, 2.75) is 5.92 Å². The number of ether oxygens (including phenoxy) is 3. The third kappa shape index (κ3) is 4.31. The van der Waals surface area contributed by atoms with Gasteiger partial charge in [-0.3, -0.25) is 14.9 Å². The highest BCUT2D eigenvalue weighted by atomic mass is 32.1. The predicted molar refractivity (Wildman–Crippen MR) is 113 cm³/mol. The standard InChI is InChI=1S/C21H17N3O6S/c1-28-17-8-13(9-18(29-2)20(17)30-3)19(25)15(10-22)21-23-16(11-31-21)12-5-4-6-14(7-12)24(26)27/h4-9,11,15H,1-3H3. The zero-order valence-electron chi connectivity index (χ0n) is 16.8. The van der Waals surface area contributed by atoms with Gasteiger partial charge >= 0.3 is 0 Å². The van der Waals surface area contributed by atoms with E-state index in [4.69, 9.17) is 14.2 Å². The van der Waals surface area contributed by atoms with Gasteiger partial charge in [0.05, 0.1) is 38.0 Å². The Morgan fingerprint density at radius 2 is 1.84 bits per heavy atom. The molecule has 1 aromatic heterocycles. The number of rotatable bonds is 8. The van der Waals surface area contributed by atoms with E-state index in [-0.39, 0.29) is 16.3 Å². The van der Waals surface area contributed by atoms with E-state index in [0.717, 1.165) is 11.3 Å². The summed E-state index contributed by atoms with van der Waals surface area (Å²) < 4.78 is 15.8. The number of nitrogens with zero attached hydrogens (tertiary/aromatic N) is 3. The van der Waals surface area contributed by atoms with Gasteiger partial charge in [-0.1, -0.05) is 12.1 Å². The number of hydrogen-bond donors (Lipinski definition) is 0. The van der Waals surface area contributed by atoms with Crippen LogP contribution in [-0.4, -0.2) is 37.0 Å². The molecular formula is C21H17N3O6S. The van der Waals surface area contributed by atoms with Crippen LogP contribution in [0, 0.1) is 21.4 Å². The molecule has 0 saturated heterocycles. The average molecular weight is 439 g/mol. The average Bonchev–Trinajstić information content (AvgIpc) is 3.28.